The molecule has 0 atom stereocenters. The van der Waals surface area contributed by atoms with E-state index in [0.717, 1.165) is 5.56 Å². The van der Waals surface area contributed by atoms with Crippen molar-refractivity contribution in [2.45, 2.75) is 25.0 Å². The van der Waals surface area contributed by atoms with Gasteiger partial charge in [0.05, 0.1) is 17.9 Å². The molecule has 0 saturated heterocycles. The van der Waals surface area contributed by atoms with Gasteiger partial charge in [0, 0.05) is 12.2 Å². The van der Waals surface area contributed by atoms with Gasteiger partial charge in [-0.05, 0) is 31.2 Å². The summed E-state index contributed by atoms with van der Waals surface area (Å²) in [5.41, 5.74) is 1.93. The van der Waals surface area contributed by atoms with Gasteiger partial charge in [-0.2, -0.15) is 0 Å². The number of carbonyl (C=O) groups is 2. The molecule has 1 heterocycles. The van der Waals surface area contributed by atoms with E-state index in [9.17, 15) is 14.0 Å². The topological polar surface area (TPSA) is 88.9 Å². The maximum Gasteiger partial charge on any atom is 0.234 e. The van der Waals surface area contributed by atoms with Crippen molar-refractivity contribution in [1.29, 1.82) is 0 Å². The monoisotopic (exact) mass is 439 g/mol. The Labute approximate surface area is 183 Å². The van der Waals surface area contributed by atoms with Gasteiger partial charge in [0.2, 0.25) is 11.8 Å². The minimum absolute atomic E-state index is 0.0920. The van der Waals surface area contributed by atoms with Crippen molar-refractivity contribution in [2.75, 3.05) is 16.4 Å². The van der Waals surface area contributed by atoms with Crippen LogP contribution >= 0.6 is 11.8 Å². The summed E-state index contributed by atoms with van der Waals surface area (Å²) >= 11 is 1.21. The largest absolute Gasteiger partial charge is 0.325 e. The zero-order chi connectivity index (χ0) is 22.2. The van der Waals surface area contributed by atoms with E-state index < -0.39 is 11.7 Å². The summed E-state index contributed by atoms with van der Waals surface area (Å²) in [5.74, 6) is -0.586. The van der Waals surface area contributed by atoms with Crippen LogP contribution in [0.15, 0.2) is 66.3 Å². The zero-order valence-electron chi connectivity index (χ0n) is 17.0. The van der Waals surface area contributed by atoms with E-state index in [4.69, 9.17) is 0 Å². The molecule has 1 aromatic heterocycles. The van der Waals surface area contributed by atoms with Gasteiger partial charge in [-0.3, -0.25) is 9.59 Å². The predicted molar refractivity (Wildman–Crippen MR) is 119 cm³/mol. The molecule has 0 fully saturated rings. The standard InChI is InChI=1S/C22H22FN5O2S/c1-3-12-28-19(13-20(29)25-18-7-5-4-6-17(18)23)26-27-22(28)31-14-21(30)24-16-10-8-15(2)9-11-16/h3-11H,1,12-14H2,2H3,(H,24,30)(H,25,29). The number of halogens is 1. The molecule has 0 bridgehead atoms. The number of aryl methyl sites for hydroxylation is 1. The van der Waals surface area contributed by atoms with Crippen molar-refractivity contribution in [3.05, 3.63) is 78.4 Å². The highest BCUT2D eigenvalue weighted by atomic mass is 32.2. The van der Waals surface area contributed by atoms with Crippen molar-refractivity contribution < 1.29 is 14.0 Å². The van der Waals surface area contributed by atoms with Crippen molar-refractivity contribution in [3.63, 3.8) is 0 Å². The molecule has 0 spiro atoms. The number of para-hydroxylation sites is 1. The van der Waals surface area contributed by atoms with Gasteiger partial charge in [-0.25, -0.2) is 4.39 Å². The number of nitrogens with one attached hydrogen (secondary N) is 2. The number of aromatic nitrogens is 3. The van der Waals surface area contributed by atoms with E-state index >= 15 is 0 Å². The molecule has 0 aliphatic heterocycles. The normalized spacial score (nSPS) is 10.5. The van der Waals surface area contributed by atoms with E-state index in [-0.39, 0.29) is 23.8 Å². The molecule has 160 valence electrons. The van der Waals surface area contributed by atoms with Crippen LogP contribution in [0.25, 0.3) is 0 Å². The Hall–Kier alpha value is -3.46. The number of carbonyl (C=O) groups excluding carboxylic acids is 2. The Kier molecular flexibility index (Phi) is 7.55. The first-order valence-corrected chi connectivity index (χ1v) is 10.5. The van der Waals surface area contributed by atoms with Gasteiger partial charge in [-0.15, -0.1) is 16.8 Å². The number of hydrogen-bond donors (Lipinski definition) is 2. The van der Waals surface area contributed by atoms with Crippen molar-refractivity contribution in [3.8, 4) is 0 Å². The van der Waals surface area contributed by atoms with E-state index in [1.165, 1.54) is 23.9 Å². The van der Waals surface area contributed by atoms with Crippen LogP contribution in [0.3, 0.4) is 0 Å². The van der Waals surface area contributed by atoms with E-state index in [1.54, 1.807) is 22.8 Å². The predicted octanol–water partition coefficient (Wildman–Crippen LogP) is 3.82. The minimum atomic E-state index is -0.515. The molecular formula is C22H22FN5O2S. The maximum atomic E-state index is 13.7. The second-order valence-electron chi connectivity index (χ2n) is 6.71. The van der Waals surface area contributed by atoms with Crippen molar-refractivity contribution in [2.24, 2.45) is 0 Å². The fourth-order valence-corrected chi connectivity index (χ4v) is 3.50. The quantitative estimate of drug-likeness (QED) is 0.391. The molecule has 2 amide bonds. The smallest absolute Gasteiger partial charge is 0.234 e. The van der Waals surface area contributed by atoms with Gasteiger partial charge in [0.1, 0.15) is 11.6 Å². The summed E-state index contributed by atoms with van der Waals surface area (Å²) in [4.78, 5) is 24.6. The van der Waals surface area contributed by atoms with E-state index in [2.05, 4.69) is 27.4 Å². The van der Waals surface area contributed by atoms with Crippen molar-refractivity contribution >= 4 is 35.0 Å². The first kappa shape index (κ1) is 22.2. The van der Waals surface area contributed by atoms with Crippen LogP contribution in [0.5, 0.6) is 0 Å². The molecule has 0 aliphatic carbocycles. The van der Waals surface area contributed by atoms with E-state index in [1.807, 2.05) is 31.2 Å². The summed E-state index contributed by atoms with van der Waals surface area (Å²) in [6, 6.07) is 13.4. The molecule has 0 aliphatic rings. The lowest BCUT2D eigenvalue weighted by Crippen LogP contribution is -2.18. The molecule has 2 N–H and O–H groups in total. The summed E-state index contributed by atoms with van der Waals surface area (Å²) in [6.45, 7) is 6.07. The highest BCUT2D eigenvalue weighted by Gasteiger charge is 2.17. The van der Waals surface area contributed by atoms with Gasteiger partial charge >= 0.3 is 0 Å². The molecule has 0 unspecified atom stereocenters. The molecule has 9 heteroatoms. The van der Waals surface area contributed by atoms with E-state index in [0.29, 0.717) is 23.2 Å². The molecule has 3 rings (SSSR count). The number of thioether (sulfide) groups is 1. The number of benzene rings is 2. The van der Waals surface area contributed by atoms with Crippen LogP contribution < -0.4 is 10.6 Å². The number of allylic oxidation sites excluding steroid dienone is 1. The van der Waals surface area contributed by atoms with Crippen LogP contribution in [-0.2, 0) is 22.6 Å². The molecule has 2 aromatic carbocycles. The number of amides is 2. The Morgan fingerprint density at radius 2 is 1.84 bits per heavy atom. The molecule has 7 nitrogen and oxygen atoms in total. The number of nitrogens with zero attached hydrogens (tertiary/aromatic N) is 3. The van der Waals surface area contributed by atoms with Crippen LogP contribution in [0.1, 0.15) is 11.4 Å². The van der Waals surface area contributed by atoms with Gasteiger partial charge in [0.25, 0.3) is 0 Å². The SMILES string of the molecule is C=CCn1c(CC(=O)Nc2ccccc2F)nnc1SCC(=O)Nc1ccc(C)cc1. The number of rotatable bonds is 9. The van der Waals surface area contributed by atoms with Crippen LogP contribution in [-0.4, -0.2) is 32.3 Å². The molecular weight excluding hydrogens is 417 g/mol. The van der Waals surface area contributed by atoms with Crippen LogP contribution in [0.4, 0.5) is 15.8 Å². The third-order valence-corrected chi connectivity index (χ3v) is 5.21. The summed E-state index contributed by atoms with van der Waals surface area (Å²) in [6.07, 6.45) is 1.56. The first-order chi connectivity index (χ1) is 15.0. The highest BCUT2D eigenvalue weighted by Crippen LogP contribution is 2.19. The molecule has 0 radical (unpaired) electrons. The van der Waals surface area contributed by atoms with Crippen molar-refractivity contribution in [1.82, 2.24) is 14.8 Å². The molecule has 0 saturated carbocycles. The van der Waals surface area contributed by atoms with Gasteiger partial charge < -0.3 is 15.2 Å². The lowest BCUT2D eigenvalue weighted by atomic mass is 10.2. The second-order valence-corrected chi connectivity index (χ2v) is 7.65. The lowest BCUT2D eigenvalue weighted by Gasteiger charge is -2.09. The van der Waals surface area contributed by atoms with Crippen LogP contribution in [0.2, 0.25) is 0 Å². The first-order valence-electron chi connectivity index (χ1n) is 9.53. The molecule has 3 aromatic rings. The Morgan fingerprint density at radius 3 is 2.55 bits per heavy atom. The third kappa shape index (κ3) is 6.26. The minimum Gasteiger partial charge on any atom is -0.325 e. The number of anilines is 2. The van der Waals surface area contributed by atoms with Crippen LogP contribution in [0, 0.1) is 12.7 Å². The summed E-state index contributed by atoms with van der Waals surface area (Å²) in [5, 5.41) is 14.0. The second kappa shape index (κ2) is 10.5. The van der Waals surface area contributed by atoms with Gasteiger partial charge in [-0.1, -0.05) is 47.7 Å². The average molecular weight is 440 g/mol. The van der Waals surface area contributed by atoms with Gasteiger partial charge in [0.15, 0.2) is 5.16 Å². The maximum absolute atomic E-state index is 13.7. The zero-order valence-corrected chi connectivity index (χ0v) is 17.8. The summed E-state index contributed by atoms with van der Waals surface area (Å²) < 4.78 is 15.4. The highest BCUT2D eigenvalue weighted by molar-refractivity contribution is 7.99. The Balaban J connectivity index is 1.62. The lowest BCUT2D eigenvalue weighted by molar-refractivity contribution is -0.116. The fraction of sp³-hybridized carbons (Fsp3) is 0.182. The number of hydrogen-bond acceptors (Lipinski definition) is 5. The Morgan fingerprint density at radius 1 is 1.10 bits per heavy atom. The molecule has 31 heavy (non-hydrogen) atoms. The third-order valence-electron chi connectivity index (χ3n) is 4.24. The Bertz CT molecular complexity index is 1080. The average Bonchev–Trinajstić information content (AvgIpc) is 3.11. The fourth-order valence-electron chi connectivity index (χ4n) is 2.73. The summed E-state index contributed by atoms with van der Waals surface area (Å²) in [7, 11) is 0.